The number of amides is 1. The average Bonchev–Trinajstić information content (AvgIpc) is 2.84. The highest BCUT2D eigenvalue weighted by atomic mass is 19.4. The molecule has 4 rings (SSSR count). The largest absolute Gasteiger partial charge is 0.391 e. The van der Waals surface area contributed by atoms with E-state index in [9.17, 15) is 18.0 Å². The molecule has 3 heterocycles. The lowest BCUT2D eigenvalue weighted by atomic mass is 9.96. The molecule has 34 heavy (non-hydrogen) atoms. The number of carbonyl (C=O) groups is 1. The fourth-order valence-electron chi connectivity index (χ4n) is 4.56. The highest BCUT2D eigenvalue weighted by Gasteiger charge is 2.41. The topological polar surface area (TPSA) is 60.5 Å². The zero-order valence-electron chi connectivity index (χ0n) is 19.4. The third-order valence-electron chi connectivity index (χ3n) is 6.83. The van der Waals surface area contributed by atoms with Gasteiger partial charge in [-0.25, -0.2) is 4.98 Å². The summed E-state index contributed by atoms with van der Waals surface area (Å²) in [6, 6.07) is 11.6. The van der Waals surface area contributed by atoms with Gasteiger partial charge in [-0.3, -0.25) is 4.79 Å². The lowest BCUT2D eigenvalue weighted by molar-refractivity contribution is -0.179. The fraction of sp³-hybridized carbons (Fsp3) is 0.520. The van der Waals surface area contributed by atoms with Crippen LogP contribution in [0, 0.1) is 11.8 Å². The molecule has 0 atom stereocenters. The van der Waals surface area contributed by atoms with Crippen molar-refractivity contribution in [3.05, 3.63) is 48.2 Å². The van der Waals surface area contributed by atoms with Crippen molar-refractivity contribution in [2.45, 2.75) is 38.4 Å². The number of nitrogens with zero attached hydrogens (tertiary/aromatic N) is 3. The van der Waals surface area contributed by atoms with Crippen LogP contribution in [0.3, 0.4) is 0 Å². The summed E-state index contributed by atoms with van der Waals surface area (Å²) in [5.74, 6) is -0.287. The molecule has 0 radical (unpaired) electrons. The Hall–Kier alpha value is -2.81. The molecular formula is C25H32F3N5O. The zero-order valence-corrected chi connectivity index (χ0v) is 19.4. The number of rotatable bonds is 6. The van der Waals surface area contributed by atoms with Gasteiger partial charge in [0.25, 0.3) is 0 Å². The van der Waals surface area contributed by atoms with Gasteiger partial charge in [-0.05, 0) is 75.6 Å². The minimum atomic E-state index is -4.11. The number of pyridine rings is 1. The summed E-state index contributed by atoms with van der Waals surface area (Å²) in [6.45, 7) is 3.15. The second-order valence-corrected chi connectivity index (χ2v) is 9.33. The maximum absolute atomic E-state index is 12.9. The first-order valence-corrected chi connectivity index (χ1v) is 11.9. The number of halogens is 3. The predicted octanol–water partition coefficient (Wildman–Crippen LogP) is 4.56. The minimum Gasteiger partial charge on any atom is -0.357 e. The number of likely N-dealkylation sites (tertiary alicyclic amines) is 1. The Morgan fingerprint density at radius 3 is 2.21 bits per heavy atom. The number of nitrogens with one attached hydrogen (secondary N) is 2. The maximum atomic E-state index is 12.9. The summed E-state index contributed by atoms with van der Waals surface area (Å²) in [6.07, 6.45) is -0.387. The van der Waals surface area contributed by atoms with Crippen molar-refractivity contribution in [3.8, 4) is 0 Å². The molecule has 0 bridgehead atoms. The Labute approximate surface area is 198 Å². The van der Waals surface area contributed by atoms with Crippen LogP contribution in [0.15, 0.2) is 42.6 Å². The monoisotopic (exact) mass is 475 g/mol. The normalized spacial score (nSPS) is 18.6. The predicted molar refractivity (Wildman–Crippen MR) is 127 cm³/mol. The van der Waals surface area contributed by atoms with Crippen LogP contribution in [0.2, 0.25) is 0 Å². The van der Waals surface area contributed by atoms with Crippen molar-refractivity contribution in [3.63, 3.8) is 0 Å². The molecule has 2 fully saturated rings. The van der Waals surface area contributed by atoms with Crippen LogP contribution in [-0.2, 0) is 11.3 Å². The molecule has 0 unspecified atom stereocenters. The van der Waals surface area contributed by atoms with E-state index in [1.54, 1.807) is 6.20 Å². The standard InChI is InChI=1S/C25H32F3N5O/c1-32-12-8-19(9-13-32)24(34)30-16-18-2-4-21(5-3-18)31-22-6-7-23(29-17-22)33-14-10-20(11-15-33)25(26,27)28/h2-7,17,19-20,31H,8-16H2,1H3,(H,30,34). The van der Waals surface area contributed by atoms with Gasteiger partial charge in [-0.1, -0.05) is 12.1 Å². The van der Waals surface area contributed by atoms with Crippen LogP contribution in [0.5, 0.6) is 0 Å². The van der Waals surface area contributed by atoms with Gasteiger partial charge in [0.2, 0.25) is 5.91 Å². The number of alkyl halides is 3. The van der Waals surface area contributed by atoms with Gasteiger partial charge in [-0.2, -0.15) is 13.2 Å². The summed E-state index contributed by atoms with van der Waals surface area (Å²) in [5.41, 5.74) is 2.73. The molecule has 6 nitrogen and oxygen atoms in total. The van der Waals surface area contributed by atoms with Crippen molar-refractivity contribution >= 4 is 23.1 Å². The van der Waals surface area contributed by atoms with Crippen molar-refractivity contribution in [2.75, 3.05) is 43.4 Å². The van der Waals surface area contributed by atoms with Crippen LogP contribution in [-0.4, -0.2) is 55.2 Å². The zero-order chi connectivity index (χ0) is 24.1. The molecule has 184 valence electrons. The summed E-state index contributed by atoms with van der Waals surface area (Å²) in [5, 5.41) is 6.33. The van der Waals surface area contributed by atoms with E-state index < -0.39 is 12.1 Å². The Balaban J connectivity index is 1.24. The molecule has 1 aromatic carbocycles. The van der Waals surface area contributed by atoms with Crippen molar-refractivity contribution in [1.82, 2.24) is 15.2 Å². The quantitative estimate of drug-likeness (QED) is 0.642. The highest BCUT2D eigenvalue weighted by molar-refractivity contribution is 5.78. The molecule has 2 saturated heterocycles. The van der Waals surface area contributed by atoms with Crippen molar-refractivity contribution in [1.29, 1.82) is 0 Å². The lowest BCUT2D eigenvalue weighted by Gasteiger charge is -2.33. The number of aromatic nitrogens is 1. The molecule has 1 amide bonds. The van der Waals surface area contributed by atoms with Gasteiger partial charge >= 0.3 is 6.18 Å². The van der Waals surface area contributed by atoms with Crippen molar-refractivity contribution < 1.29 is 18.0 Å². The second kappa shape index (κ2) is 10.6. The van der Waals surface area contributed by atoms with E-state index in [1.807, 2.05) is 41.3 Å². The molecular weight excluding hydrogens is 443 g/mol. The molecule has 2 N–H and O–H groups in total. The molecule has 0 saturated carbocycles. The fourth-order valence-corrected chi connectivity index (χ4v) is 4.56. The molecule has 2 aliphatic heterocycles. The smallest absolute Gasteiger partial charge is 0.357 e. The van der Waals surface area contributed by atoms with E-state index in [2.05, 4.69) is 27.6 Å². The molecule has 0 aliphatic carbocycles. The number of piperidine rings is 2. The highest BCUT2D eigenvalue weighted by Crippen LogP contribution is 2.35. The summed E-state index contributed by atoms with van der Waals surface area (Å²) < 4.78 is 38.6. The average molecular weight is 476 g/mol. The molecule has 2 aliphatic rings. The molecule has 2 aromatic rings. The number of carbonyl (C=O) groups excluding carboxylic acids is 1. The first-order valence-electron chi connectivity index (χ1n) is 11.9. The van der Waals surface area contributed by atoms with Gasteiger partial charge in [0.1, 0.15) is 5.82 Å². The SMILES string of the molecule is CN1CCC(C(=O)NCc2ccc(Nc3ccc(N4CCC(C(F)(F)F)CC4)nc3)cc2)CC1. The first kappa shape index (κ1) is 24.3. The van der Waals surface area contributed by atoms with E-state index in [1.165, 1.54) is 0 Å². The van der Waals surface area contributed by atoms with Crippen LogP contribution in [0.4, 0.5) is 30.4 Å². The van der Waals surface area contributed by atoms with Gasteiger partial charge in [0, 0.05) is 31.2 Å². The van der Waals surface area contributed by atoms with Gasteiger partial charge in [-0.15, -0.1) is 0 Å². The summed E-state index contributed by atoms with van der Waals surface area (Å²) in [7, 11) is 2.08. The van der Waals surface area contributed by atoms with Crippen molar-refractivity contribution in [2.24, 2.45) is 11.8 Å². The number of benzene rings is 1. The Bertz CT molecular complexity index is 933. The third kappa shape index (κ3) is 6.40. The Morgan fingerprint density at radius 2 is 1.62 bits per heavy atom. The van der Waals surface area contributed by atoms with Gasteiger partial charge < -0.3 is 20.4 Å². The number of anilines is 3. The van der Waals surface area contributed by atoms with Crippen LogP contribution in [0.25, 0.3) is 0 Å². The number of hydrogen-bond acceptors (Lipinski definition) is 5. The molecule has 9 heteroatoms. The van der Waals surface area contributed by atoms with Gasteiger partial charge in [0.15, 0.2) is 0 Å². The molecule has 0 spiro atoms. The molecule has 1 aromatic heterocycles. The second-order valence-electron chi connectivity index (χ2n) is 9.33. The van der Waals surface area contributed by atoms with E-state index in [0.717, 1.165) is 42.9 Å². The van der Waals surface area contributed by atoms with Crippen LogP contribution >= 0.6 is 0 Å². The van der Waals surface area contributed by atoms with E-state index >= 15 is 0 Å². The van der Waals surface area contributed by atoms with E-state index in [0.29, 0.717) is 25.5 Å². The first-order chi connectivity index (χ1) is 16.3. The van der Waals surface area contributed by atoms with Crippen LogP contribution in [0.1, 0.15) is 31.2 Å². The van der Waals surface area contributed by atoms with Gasteiger partial charge in [0.05, 0.1) is 17.8 Å². The van der Waals surface area contributed by atoms with Crippen LogP contribution < -0.4 is 15.5 Å². The Kier molecular flexibility index (Phi) is 7.60. The summed E-state index contributed by atoms with van der Waals surface area (Å²) >= 11 is 0. The number of hydrogen-bond donors (Lipinski definition) is 2. The van der Waals surface area contributed by atoms with E-state index in [4.69, 9.17) is 0 Å². The minimum absolute atomic E-state index is 0.101. The Morgan fingerprint density at radius 1 is 0.971 bits per heavy atom. The summed E-state index contributed by atoms with van der Waals surface area (Å²) in [4.78, 5) is 21.0. The third-order valence-corrected chi connectivity index (χ3v) is 6.83. The van der Waals surface area contributed by atoms with E-state index in [-0.39, 0.29) is 24.7 Å². The lowest BCUT2D eigenvalue weighted by Crippen LogP contribution is -2.39. The maximum Gasteiger partial charge on any atom is 0.391 e.